The van der Waals surface area contributed by atoms with Crippen molar-refractivity contribution in [2.24, 2.45) is 0 Å². The van der Waals surface area contributed by atoms with Crippen LogP contribution in [0.15, 0.2) is 51.7 Å². The van der Waals surface area contributed by atoms with Crippen LogP contribution in [-0.4, -0.2) is 17.5 Å². The maximum Gasteiger partial charge on any atom is 0.349 e. The first kappa shape index (κ1) is 18.1. The molecule has 0 unspecified atom stereocenters. The summed E-state index contributed by atoms with van der Waals surface area (Å²) in [4.78, 5) is 33.7. The molecule has 0 radical (unpaired) electrons. The third kappa shape index (κ3) is 4.12. The summed E-state index contributed by atoms with van der Waals surface area (Å²) in [5.41, 5.74) is 0.993. The molecule has 8 nitrogen and oxygen atoms in total. The molecule has 1 heterocycles. The lowest BCUT2D eigenvalue weighted by Gasteiger charge is -2.08. The van der Waals surface area contributed by atoms with Crippen molar-refractivity contribution in [2.45, 2.75) is 13.8 Å². The lowest BCUT2D eigenvalue weighted by atomic mass is 10.1. The van der Waals surface area contributed by atoms with E-state index in [1.54, 1.807) is 26.0 Å². The van der Waals surface area contributed by atoms with Crippen LogP contribution in [-0.2, 0) is 4.79 Å². The Morgan fingerprint density at radius 2 is 1.81 bits per heavy atom. The SMILES string of the molecule is Cc1cc(OC(=O)COc2ccc3c(C)cc(=O)oc3c2)ccc1[N+](=O)[O-]. The fourth-order valence-electron chi connectivity index (χ4n) is 2.59. The average Bonchev–Trinajstić information content (AvgIpc) is 2.59. The average molecular weight is 369 g/mol. The van der Waals surface area contributed by atoms with E-state index in [2.05, 4.69) is 0 Å². The van der Waals surface area contributed by atoms with Crippen molar-refractivity contribution in [1.29, 1.82) is 0 Å². The fraction of sp³-hybridized carbons (Fsp3) is 0.158. The molecule has 0 saturated heterocycles. The summed E-state index contributed by atoms with van der Waals surface area (Å²) in [5.74, 6) is -0.144. The first-order valence-electron chi connectivity index (χ1n) is 7.96. The van der Waals surface area contributed by atoms with E-state index < -0.39 is 16.5 Å². The molecule has 0 spiro atoms. The second-order valence-electron chi connectivity index (χ2n) is 5.87. The molecule has 8 heteroatoms. The number of hydrogen-bond donors (Lipinski definition) is 0. The highest BCUT2D eigenvalue weighted by Crippen LogP contribution is 2.24. The second kappa shape index (κ2) is 7.28. The fourth-order valence-corrected chi connectivity index (χ4v) is 2.59. The molecule has 0 aliphatic heterocycles. The van der Waals surface area contributed by atoms with Gasteiger partial charge in [-0.2, -0.15) is 0 Å². The zero-order valence-electron chi connectivity index (χ0n) is 14.6. The van der Waals surface area contributed by atoms with Crippen LogP contribution in [0.2, 0.25) is 0 Å². The first-order valence-corrected chi connectivity index (χ1v) is 7.96. The van der Waals surface area contributed by atoms with E-state index in [0.29, 0.717) is 16.9 Å². The van der Waals surface area contributed by atoms with E-state index in [1.165, 1.54) is 30.3 Å². The zero-order valence-corrected chi connectivity index (χ0v) is 14.6. The Bertz CT molecular complexity index is 1100. The van der Waals surface area contributed by atoms with Crippen LogP contribution in [0.3, 0.4) is 0 Å². The number of esters is 1. The highest BCUT2D eigenvalue weighted by atomic mass is 16.6. The summed E-state index contributed by atoms with van der Waals surface area (Å²) >= 11 is 0. The van der Waals surface area contributed by atoms with Gasteiger partial charge in [0.15, 0.2) is 6.61 Å². The molecule has 3 rings (SSSR count). The van der Waals surface area contributed by atoms with Crippen molar-refractivity contribution in [3.8, 4) is 11.5 Å². The van der Waals surface area contributed by atoms with Crippen LogP contribution in [0.1, 0.15) is 11.1 Å². The highest BCUT2D eigenvalue weighted by molar-refractivity contribution is 5.81. The van der Waals surface area contributed by atoms with Crippen molar-refractivity contribution in [1.82, 2.24) is 0 Å². The van der Waals surface area contributed by atoms with Crippen molar-refractivity contribution in [3.63, 3.8) is 0 Å². The van der Waals surface area contributed by atoms with Gasteiger partial charge in [-0.05, 0) is 43.7 Å². The summed E-state index contributed by atoms with van der Waals surface area (Å²) in [6.45, 7) is 2.97. The van der Waals surface area contributed by atoms with E-state index in [9.17, 15) is 19.7 Å². The monoisotopic (exact) mass is 369 g/mol. The quantitative estimate of drug-likeness (QED) is 0.223. The molecule has 0 saturated carbocycles. The van der Waals surface area contributed by atoms with Gasteiger partial charge in [-0.1, -0.05) is 0 Å². The number of nitrogens with zero attached hydrogens (tertiary/aromatic N) is 1. The largest absolute Gasteiger partial charge is 0.482 e. The lowest BCUT2D eigenvalue weighted by Crippen LogP contribution is -2.17. The minimum Gasteiger partial charge on any atom is -0.482 e. The standard InChI is InChI=1S/C19H15NO7/c1-11-8-18(21)27-17-9-13(3-5-15(11)17)25-10-19(22)26-14-4-6-16(20(23)24)12(2)7-14/h3-9H,10H2,1-2H3. The first-order chi connectivity index (χ1) is 12.8. The molecule has 1 aromatic heterocycles. The topological polar surface area (TPSA) is 109 Å². The highest BCUT2D eigenvalue weighted by Gasteiger charge is 2.13. The van der Waals surface area contributed by atoms with Gasteiger partial charge in [0.05, 0.1) is 4.92 Å². The van der Waals surface area contributed by atoms with E-state index in [0.717, 1.165) is 10.9 Å². The second-order valence-corrected chi connectivity index (χ2v) is 5.87. The molecule has 3 aromatic rings. The Hall–Kier alpha value is -3.68. The Balaban J connectivity index is 1.67. The number of carbonyl (C=O) groups is 1. The third-order valence-electron chi connectivity index (χ3n) is 3.88. The summed E-state index contributed by atoms with van der Waals surface area (Å²) in [6, 6.07) is 10.3. The minimum absolute atomic E-state index is 0.0565. The molecule has 0 aliphatic carbocycles. The van der Waals surface area contributed by atoms with Gasteiger partial charge in [-0.15, -0.1) is 0 Å². The Morgan fingerprint density at radius 1 is 1.07 bits per heavy atom. The number of hydrogen-bond acceptors (Lipinski definition) is 7. The molecular formula is C19H15NO7. The van der Waals surface area contributed by atoms with E-state index in [1.807, 2.05) is 0 Å². The number of nitro groups is 1. The van der Waals surface area contributed by atoms with Crippen LogP contribution in [0.5, 0.6) is 11.5 Å². The summed E-state index contributed by atoms with van der Waals surface area (Å²) in [6.07, 6.45) is 0. The molecule has 0 aliphatic rings. The molecule has 27 heavy (non-hydrogen) atoms. The van der Waals surface area contributed by atoms with Crippen molar-refractivity contribution in [2.75, 3.05) is 6.61 Å². The number of rotatable bonds is 5. The maximum absolute atomic E-state index is 11.9. The summed E-state index contributed by atoms with van der Waals surface area (Å²) in [5, 5.41) is 11.6. The van der Waals surface area contributed by atoms with Crippen LogP contribution >= 0.6 is 0 Å². The summed E-state index contributed by atoms with van der Waals surface area (Å²) in [7, 11) is 0. The number of benzene rings is 2. The van der Waals surface area contributed by atoms with Gasteiger partial charge in [0.25, 0.3) is 5.69 Å². The van der Waals surface area contributed by atoms with Gasteiger partial charge in [0.1, 0.15) is 17.1 Å². The number of ether oxygens (including phenoxy) is 2. The smallest absolute Gasteiger partial charge is 0.349 e. The predicted octanol–water partition coefficient (Wildman–Crippen LogP) is 3.30. The number of aryl methyl sites for hydroxylation is 2. The number of nitro benzene ring substituents is 1. The van der Waals surface area contributed by atoms with Crippen molar-refractivity contribution in [3.05, 3.63) is 74.1 Å². The van der Waals surface area contributed by atoms with E-state index >= 15 is 0 Å². The number of carbonyl (C=O) groups excluding carboxylic acids is 1. The molecule has 0 amide bonds. The van der Waals surface area contributed by atoms with Crippen molar-refractivity contribution < 1.29 is 23.6 Å². The Labute approximate surface area is 153 Å². The van der Waals surface area contributed by atoms with Crippen LogP contribution < -0.4 is 15.1 Å². The lowest BCUT2D eigenvalue weighted by molar-refractivity contribution is -0.385. The minimum atomic E-state index is -0.672. The maximum atomic E-state index is 11.9. The van der Waals surface area contributed by atoms with E-state index in [4.69, 9.17) is 13.9 Å². The molecule has 2 aromatic carbocycles. The third-order valence-corrected chi connectivity index (χ3v) is 3.88. The van der Waals surface area contributed by atoms with Gasteiger partial charge < -0.3 is 13.9 Å². The van der Waals surface area contributed by atoms with Crippen LogP contribution in [0.25, 0.3) is 11.0 Å². The Morgan fingerprint density at radius 3 is 2.52 bits per heavy atom. The summed E-state index contributed by atoms with van der Waals surface area (Å²) < 4.78 is 15.6. The molecule has 0 bridgehead atoms. The molecule has 138 valence electrons. The van der Waals surface area contributed by atoms with Gasteiger partial charge in [-0.3, -0.25) is 10.1 Å². The van der Waals surface area contributed by atoms with Gasteiger partial charge in [0, 0.05) is 29.1 Å². The number of fused-ring (bicyclic) bond motifs is 1. The van der Waals surface area contributed by atoms with Gasteiger partial charge in [0.2, 0.25) is 0 Å². The molecule has 0 N–H and O–H groups in total. The normalized spacial score (nSPS) is 10.6. The molecule has 0 atom stereocenters. The predicted molar refractivity (Wildman–Crippen MR) is 96.2 cm³/mol. The zero-order chi connectivity index (χ0) is 19.6. The van der Waals surface area contributed by atoms with Crippen LogP contribution in [0, 0.1) is 24.0 Å². The van der Waals surface area contributed by atoms with E-state index in [-0.39, 0.29) is 18.0 Å². The van der Waals surface area contributed by atoms with Gasteiger partial charge >= 0.3 is 11.6 Å². The van der Waals surface area contributed by atoms with Crippen molar-refractivity contribution >= 4 is 22.6 Å². The Kier molecular flexibility index (Phi) is 4.89. The van der Waals surface area contributed by atoms with Gasteiger partial charge in [-0.25, -0.2) is 9.59 Å². The molecular weight excluding hydrogens is 354 g/mol. The van der Waals surface area contributed by atoms with Crippen LogP contribution in [0.4, 0.5) is 5.69 Å². The molecule has 0 fully saturated rings.